The number of rotatable bonds is 3. The third-order valence-corrected chi connectivity index (χ3v) is 5.22. The van der Waals surface area contributed by atoms with Crippen molar-refractivity contribution in [2.45, 2.75) is 28.9 Å². The van der Waals surface area contributed by atoms with Gasteiger partial charge in [-0.3, -0.25) is 4.79 Å². The fourth-order valence-corrected chi connectivity index (χ4v) is 4.10. The maximum atomic E-state index is 11.3. The zero-order valence-electron chi connectivity index (χ0n) is 9.29. The Labute approximate surface area is 108 Å². The highest BCUT2D eigenvalue weighted by Crippen LogP contribution is 2.34. The van der Waals surface area contributed by atoms with Crippen LogP contribution in [0.25, 0.3) is 0 Å². The highest BCUT2D eigenvalue weighted by molar-refractivity contribution is 8.02. The maximum absolute atomic E-state index is 11.3. The van der Waals surface area contributed by atoms with Gasteiger partial charge in [0.15, 0.2) is 4.34 Å². The average molecular weight is 271 g/mol. The number of cyclic esters (lactones) is 1. The Hall–Kier alpha value is -0.820. The molecule has 3 heterocycles. The Balaban J connectivity index is 1.65. The molecule has 0 spiro atoms. The Kier molecular flexibility index (Phi) is 3.19. The quantitative estimate of drug-likeness (QED) is 0.777. The van der Waals surface area contributed by atoms with E-state index in [4.69, 9.17) is 4.74 Å². The van der Waals surface area contributed by atoms with Crippen molar-refractivity contribution in [3.63, 3.8) is 0 Å². The number of esters is 1. The molecule has 0 aliphatic carbocycles. The summed E-state index contributed by atoms with van der Waals surface area (Å²) in [5.41, 5.74) is 0. The normalized spacial score (nSPS) is 24.4. The summed E-state index contributed by atoms with van der Waals surface area (Å²) in [6.45, 7) is 2.68. The smallest absolute Gasteiger partial charge is 0.319 e. The minimum Gasteiger partial charge on any atom is -0.465 e. The van der Waals surface area contributed by atoms with E-state index in [9.17, 15) is 4.79 Å². The molecule has 1 aromatic heterocycles. The zero-order chi connectivity index (χ0) is 11.7. The van der Waals surface area contributed by atoms with Crippen molar-refractivity contribution < 1.29 is 9.53 Å². The zero-order valence-corrected chi connectivity index (χ0v) is 10.9. The molecular formula is C10H13N3O2S2. The molecule has 2 aliphatic rings. The topological polar surface area (TPSA) is 55.3 Å². The number of thioether (sulfide) groups is 1. The van der Waals surface area contributed by atoms with Crippen LogP contribution in [0.4, 0.5) is 5.13 Å². The number of ether oxygens (including phenoxy) is 1. The molecule has 2 aliphatic heterocycles. The van der Waals surface area contributed by atoms with Gasteiger partial charge in [0.05, 0.1) is 6.61 Å². The van der Waals surface area contributed by atoms with Crippen molar-refractivity contribution in [3.05, 3.63) is 0 Å². The van der Waals surface area contributed by atoms with Gasteiger partial charge in [-0.25, -0.2) is 0 Å². The molecular weight excluding hydrogens is 258 g/mol. The van der Waals surface area contributed by atoms with Gasteiger partial charge in [-0.2, -0.15) is 0 Å². The van der Waals surface area contributed by atoms with Gasteiger partial charge in [0, 0.05) is 19.5 Å². The van der Waals surface area contributed by atoms with E-state index in [1.807, 2.05) is 0 Å². The van der Waals surface area contributed by atoms with Crippen LogP contribution in [-0.4, -0.2) is 41.1 Å². The second-order valence-corrected chi connectivity index (χ2v) is 6.51. The van der Waals surface area contributed by atoms with Crippen LogP contribution in [0, 0.1) is 0 Å². The van der Waals surface area contributed by atoms with Gasteiger partial charge in [-0.1, -0.05) is 23.1 Å². The minimum absolute atomic E-state index is 0.0885. The van der Waals surface area contributed by atoms with Crippen molar-refractivity contribution in [2.24, 2.45) is 0 Å². The van der Waals surface area contributed by atoms with E-state index in [1.165, 1.54) is 24.6 Å². The molecule has 1 atom stereocenters. The average Bonchev–Trinajstić information content (AvgIpc) is 3.02. The van der Waals surface area contributed by atoms with Crippen molar-refractivity contribution in [2.75, 3.05) is 24.6 Å². The van der Waals surface area contributed by atoms with Gasteiger partial charge in [-0.05, 0) is 12.8 Å². The van der Waals surface area contributed by atoms with Crippen LogP contribution in [0.2, 0.25) is 0 Å². The van der Waals surface area contributed by atoms with Crippen molar-refractivity contribution in [1.29, 1.82) is 0 Å². The molecule has 0 bridgehead atoms. The Morgan fingerprint density at radius 1 is 1.35 bits per heavy atom. The molecule has 0 amide bonds. The molecule has 2 saturated heterocycles. The van der Waals surface area contributed by atoms with Crippen LogP contribution in [0.5, 0.6) is 0 Å². The first kappa shape index (κ1) is 11.3. The first-order valence-electron chi connectivity index (χ1n) is 5.75. The lowest BCUT2D eigenvalue weighted by Gasteiger charge is -2.10. The highest BCUT2D eigenvalue weighted by Gasteiger charge is 2.29. The van der Waals surface area contributed by atoms with Gasteiger partial charge in [0.25, 0.3) is 0 Å². The van der Waals surface area contributed by atoms with E-state index in [-0.39, 0.29) is 11.2 Å². The summed E-state index contributed by atoms with van der Waals surface area (Å²) in [5, 5.41) is 9.22. The molecule has 1 aromatic rings. The third kappa shape index (κ3) is 2.40. The predicted molar refractivity (Wildman–Crippen MR) is 66.6 cm³/mol. The molecule has 17 heavy (non-hydrogen) atoms. The monoisotopic (exact) mass is 271 g/mol. The number of nitrogens with zero attached hydrogens (tertiary/aromatic N) is 3. The number of carbonyl (C=O) groups is 1. The first-order chi connectivity index (χ1) is 8.33. The van der Waals surface area contributed by atoms with E-state index in [2.05, 4.69) is 15.1 Å². The summed E-state index contributed by atoms with van der Waals surface area (Å²) in [6, 6.07) is 0. The standard InChI is InChI=1S/C10H13N3O2S2/c14-8-7(3-6-15-8)16-10-12-11-9(17-10)13-4-1-2-5-13/h7H,1-6H2. The number of hydrogen-bond donors (Lipinski definition) is 0. The molecule has 2 fully saturated rings. The fraction of sp³-hybridized carbons (Fsp3) is 0.700. The Morgan fingerprint density at radius 2 is 2.18 bits per heavy atom. The van der Waals surface area contributed by atoms with Gasteiger partial charge in [0.2, 0.25) is 5.13 Å². The van der Waals surface area contributed by atoms with Gasteiger partial charge in [0.1, 0.15) is 5.25 Å². The largest absolute Gasteiger partial charge is 0.465 e. The van der Waals surface area contributed by atoms with E-state index in [0.717, 1.165) is 29.0 Å². The maximum Gasteiger partial charge on any atom is 0.319 e. The number of carbonyl (C=O) groups excluding carboxylic acids is 1. The second kappa shape index (κ2) is 4.81. The molecule has 5 nitrogen and oxygen atoms in total. The number of hydrogen-bond acceptors (Lipinski definition) is 7. The van der Waals surface area contributed by atoms with E-state index in [1.54, 1.807) is 11.3 Å². The van der Waals surface area contributed by atoms with E-state index in [0.29, 0.717) is 6.61 Å². The summed E-state index contributed by atoms with van der Waals surface area (Å²) in [7, 11) is 0. The van der Waals surface area contributed by atoms with Crippen molar-refractivity contribution in [3.8, 4) is 0 Å². The van der Waals surface area contributed by atoms with Crippen LogP contribution < -0.4 is 4.90 Å². The van der Waals surface area contributed by atoms with Crippen molar-refractivity contribution >= 4 is 34.2 Å². The molecule has 1 unspecified atom stereocenters. The minimum atomic E-state index is -0.118. The second-order valence-electron chi connectivity index (χ2n) is 4.11. The van der Waals surface area contributed by atoms with Crippen LogP contribution in [0.1, 0.15) is 19.3 Å². The molecule has 0 N–H and O–H groups in total. The lowest BCUT2D eigenvalue weighted by atomic mass is 10.4. The number of anilines is 1. The number of aromatic nitrogens is 2. The SMILES string of the molecule is O=C1OCCC1Sc1nnc(N2CCCC2)s1. The lowest BCUT2D eigenvalue weighted by molar-refractivity contribution is -0.137. The predicted octanol–water partition coefficient (Wildman–Crippen LogP) is 1.55. The molecule has 3 rings (SSSR count). The molecule has 7 heteroatoms. The van der Waals surface area contributed by atoms with E-state index >= 15 is 0 Å². The lowest BCUT2D eigenvalue weighted by Crippen LogP contribution is -2.17. The Morgan fingerprint density at radius 3 is 2.88 bits per heavy atom. The van der Waals surface area contributed by atoms with Crippen LogP contribution in [-0.2, 0) is 9.53 Å². The summed E-state index contributed by atoms with van der Waals surface area (Å²) >= 11 is 3.06. The molecule has 0 radical (unpaired) electrons. The van der Waals surface area contributed by atoms with Crippen LogP contribution >= 0.6 is 23.1 Å². The van der Waals surface area contributed by atoms with Crippen LogP contribution in [0.3, 0.4) is 0 Å². The summed E-state index contributed by atoms with van der Waals surface area (Å²) < 4.78 is 5.80. The van der Waals surface area contributed by atoms with Crippen LogP contribution in [0.15, 0.2) is 4.34 Å². The summed E-state index contributed by atoms with van der Waals surface area (Å²) in [5.74, 6) is -0.118. The summed E-state index contributed by atoms with van der Waals surface area (Å²) in [6.07, 6.45) is 3.25. The Bertz CT molecular complexity index is 417. The highest BCUT2D eigenvalue weighted by atomic mass is 32.2. The third-order valence-electron chi connectivity index (χ3n) is 2.90. The molecule has 0 saturated carbocycles. The molecule has 92 valence electrons. The fourth-order valence-electron chi connectivity index (χ4n) is 1.99. The molecule has 0 aromatic carbocycles. The summed E-state index contributed by atoms with van der Waals surface area (Å²) in [4.78, 5) is 13.6. The van der Waals surface area contributed by atoms with Gasteiger partial charge >= 0.3 is 5.97 Å². The first-order valence-corrected chi connectivity index (χ1v) is 7.44. The van der Waals surface area contributed by atoms with Gasteiger partial charge < -0.3 is 9.64 Å². The van der Waals surface area contributed by atoms with E-state index < -0.39 is 0 Å². The van der Waals surface area contributed by atoms with Gasteiger partial charge in [-0.15, -0.1) is 10.2 Å². The van der Waals surface area contributed by atoms with Crippen molar-refractivity contribution in [1.82, 2.24) is 10.2 Å².